The first-order valence-corrected chi connectivity index (χ1v) is 13.0. The zero-order valence-electron chi connectivity index (χ0n) is 21.4. The summed E-state index contributed by atoms with van der Waals surface area (Å²) >= 11 is 0. The minimum atomic E-state index is -0.420. The zero-order chi connectivity index (χ0) is 25.9. The number of hydrogen-bond donors (Lipinski definition) is 2. The smallest absolute Gasteiger partial charge is 0.150 e. The second-order valence-corrected chi connectivity index (χ2v) is 10.0. The molecular weight excluding hydrogens is 469 g/mol. The number of likely N-dealkylation sites (tertiary alicyclic amines) is 1. The molecule has 37 heavy (non-hydrogen) atoms. The van der Waals surface area contributed by atoms with Crippen molar-refractivity contribution in [3.8, 4) is 23.0 Å². The molecule has 5 rings (SSSR count). The Morgan fingerprint density at radius 3 is 2.54 bits per heavy atom. The van der Waals surface area contributed by atoms with Crippen LogP contribution in [-0.2, 0) is 0 Å². The minimum Gasteiger partial charge on any atom is -0.508 e. The largest absolute Gasteiger partial charge is 0.508 e. The molecule has 2 N–H and O–H groups in total. The van der Waals surface area contributed by atoms with Crippen LogP contribution in [0.3, 0.4) is 0 Å². The summed E-state index contributed by atoms with van der Waals surface area (Å²) < 4.78 is 26.2. The van der Waals surface area contributed by atoms with Gasteiger partial charge in [0, 0.05) is 17.7 Å². The molecule has 2 heterocycles. The van der Waals surface area contributed by atoms with Gasteiger partial charge in [-0.05, 0) is 85.0 Å². The third-order valence-corrected chi connectivity index (χ3v) is 7.65. The zero-order valence-corrected chi connectivity index (χ0v) is 21.4. The number of benzene rings is 3. The number of phenolic OH excluding ortho intramolecular Hbond substituents is 2. The standard InChI is InChI=1S/C31H34FNO4/c1-3-21-13-14-33(18-21)24(17-32)19-36-27-10-7-22(8-11-27)31-30(23-5-4-6-25(34)15-23)20(2)28-16-26(35)9-12-29(28)37-31/h4-12,15-16,21,24,31,34-35H,3,13-14,17-19H2,1-2H3/t21-,24+,31?/m1/s1. The van der Waals surface area contributed by atoms with E-state index in [9.17, 15) is 14.6 Å². The van der Waals surface area contributed by atoms with Gasteiger partial charge in [0.2, 0.25) is 0 Å². The van der Waals surface area contributed by atoms with Crippen molar-refractivity contribution in [1.29, 1.82) is 0 Å². The summed E-state index contributed by atoms with van der Waals surface area (Å²) in [7, 11) is 0. The Morgan fingerprint density at radius 2 is 1.84 bits per heavy atom. The first kappa shape index (κ1) is 25.2. The molecule has 0 spiro atoms. The van der Waals surface area contributed by atoms with Crippen LogP contribution in [0.15, 0.2) is 66.7 Å². The van der Waals surface area contributed by atoms with Gasteiger partial charge < -0.3 is 19.7 Å². The second-order valence-electron chi connectivity index (χ2n) is 10.0. The lowest BCUT2D eigenvalue weighted by molar-refractivity contribution is 0.131. The van der Waals surface area contributed by atoms with Crippen molar-refractivity contribution in [2.24, 2.45) is 5.92 Å². The van der Waals surface area contributed by atoms with E-state index in [0.717, 1.165) is 53.8 Å². The van der Waals surface area contributed by atoms with Gasteiger partial charge in [0.1, 0.15) is 42.4 Å². The number of hydrogen-bond acceptors (Lipinski definition) is 5. The fourth-order valence-electron chi connectivity index (χ4n) is 5.42. The van der Waals surface area contributed by atoms with Crippen LogP contribution in [0.4, 0.5) is 4.39 Å². The Morgan fingerprint density at radius 1 is 1.05 bits per heavy atom. The van der Waals surface area contributed by atoms with E-state index in [1.165, 1.54) is 0 Å². The molecule has 3 aromatic carbocycles. The van der Waals surface area contributed by atoms with E-state index in [2.05, 4.69) is 11.8 Å². The van der Waals surface area contributed by atoms with E-state index in [-0.39, 0.29) is 17.5 Å². The van der Waals surface area contributed by atoms with E-state index < -0.39 is 12.8 Å². The van der Waals surface area contributed by atoms with Crippen LogP contribution in [0, 0.1) is 5.92 Å². The predicted molar refractivity (Wildman–Crippen MR) is 144 cm³/mol. The van der Waals surface area contributed by atoms with Crippen molar-refractivity contribution in [1.82, 2.24) is 4.90 Å². The minimum absolute atomic E-state index is 0.169. The molecule has 3 atom stereocenters. The summed E-state index contributed by atoms with van der Waals surface area (Å²) in [6.07, 6.45) is 1.84. The number of nitrogens with zero attached hydrogens (tertiary/aromatic N) is 1. The van der Waals surface area contributed by atoms with Crippen molar-refractivity contribution in [3.63, 3.8) is 0 Å². The summed E-state index contributed by atoms with van der Waals surface area (Å²) in [6, 6.07) is 19.7. The first-order valence-electron chi connectivity index (χ1n) is 13.0. The van der Waals surface area contributed by atoms with Crippen LogP contribution < -0.4 is 9.47 Å². The Balaban J connectivity index is 1.38. The van der Waals surface area contributed by atoms with Crippen molar-refractivity contribution >= 4 is 11.1 Å². The molecule has 0 radical (unpaired) electrons. The molecule has 0 amide bonds. The van der Waals surface area contributed by atoms with E-state index in [0.29, 0.717) is 24.0 Å². The van der Waals surface area contributed by atoms with Crippen LogP contribution in [-0.4, -0.2) is 47.5 Å². The first-order chi connectivity index (χ1) is 18.0. The van der Waals surface area contributed by atoms with Gasteiger partial charge in [-0.15, -0.1) is 0 Å². The molecule has 0 aliphatic carbocycles. The van der Waals surface area contributed by atoms with E-state index in [1.54, 1.807) is 36.4 Å². The normalized spacial score (nSPS) is 20.4. The van der Waals surface area contributed by atoms with Gasteiger partial charge >= 0.3 is 0 Å². The highest BCUT2D eigenvalue weighted by Gasteiger charge is 2.30. The number of fused-ring (bicyclic) bond motifs is 1. The molecule has 0 aromatic heterocycles. The van der Waals surface area contributed by atoms with E-state index in [4.69, 9.17) is 9.47 Å². The lowest BCUT2D eigenvalue weighted by atomic mass is 9.86. The quantitative estimate of drug-likeness (QED) is 0.362. The fourth-order valence-corrected chi connectivity index (χ4v) is 5.42. The number of ether oxygens (including phenoxy) is 2. The summed E-state index contributed by atoms with van der Waals surface area (Å²) in [5.74, 6) is 2.37. The number of phenols is 2. The van der Waals surface area contributed by atoms with E-state index >= 15 is 0 Å². The highest BCUT2D eigenvalue weighted by Crippen LogP contribution is 2.47. The third kappa shape index (κ3) is 5.30. The lowest BCUT2D eigenvalue weighted by Gasteiger charge is -2.31. The second kappa shape index (κ2) is 10.9. The van der Waals surface area contributed by atoms with Crippen molar-refractivity contribution < 1.29 is 24.1 Å². The Hall–Kier alpha value is -3.51. The van der Waals surface area contributed by atoms with Gasteiger partial charge in [0.15, 0.2) is 0 Å². The van der Waals surface area contributed by atoms with Gasteiger partial charge in [0.05, 0.1) is 6.04 Å². The molecule has 3 aromatic rings. The third-order valence-electron chi connectivity index (χ3n) is 7.65. The number of halogens is 1. The van der Waals surface area contributed by atoms with Crippen LogP contribution in [0.1, 0.15) is 49.5 Å². The summed E-state index contributed by atoms with van der Waals surface area (Å²) in [5, 5.41) is 20.2. The Bertz CT molecular complexity index is 1270. The average Bonchev–Trinajstić information content (AvgIpc) is 3.39. The summed E-state index contributed by atoms with van der Waals surface area (Å²) in [6.45, 7) is 5.96. The molecule has 5 nitrogen and oxygen atoms in total. The van der Waals surface area contributed by atoms with Gasteiger partial charge in [0.25, 0.3) is 0 Å². The number of rotatable bonds is 8. The van der Waals surface area contributed by atoms with Crippen molar-refractivity contribution in [2.75, 3.05) is 26.4 Å². The molecule has 2 aliphatic rings. The summed E-state index contributed by atoms with van der Waals surface area (Å²) in [5.41, 5.74) is 4.48. The molecular formula is C31H34FNO4. The maximum Gasteiger partial charge on any atom is 0.150 e. The topological polar surface area (TPSA) is 62.2 Å². The maximum atomic E-state index is 13.8. The van der Waals surface area contributed by atoms with Crippen molar-refractivity contribution in [2.45, 2.75) is 38.8 Å². The van der Waals surface area contributed by atoms with Crippen LogP contribution in [0.25, 0.3) is 11.1 Å². The van der Waals surface area contributed by atoms with Crippen LogP contribution >= 0.6 is 0 Å². The van der Waals surface area contributed by atoms with Gasteiger partial charge in [-0.1, -0.05) is 37.6 Å². The summed E-state index contributed by atoms with van der Waals surface area (Å²) in [4.78, 5) is 2.21. The molecule has 6 heteroatoms. The number of allylic oxidation sites excluding steroid dienone is 1. The lowest BCUT2D eigenvalue weighted by Crippen LogP contribution is -2.39. The molecule has 1 unspecified atom stereocenters. The molecule has 1 fully saturated rings. The molecule has 1 saturated heterocycles. The Labute approximate surface area is 217 Å². The number of aromatic hydroxyl groups is 2. The highest BCUT2D eigenvalue weighted by atomic mass is 19.1. The van der Waals surface area contributed by atoms with Crippen LogP contribution in [0.5, 0.6) is 23.0 Å². The van der Waals surface area contributed by atoms with Gasteiger partial charge in [-0.3, -0.25) is 4.90 Å². The van der Waals surface area contributed by atoms with Gasteiger partial charge in [-0.2, -0.15) is 0 Å². The fraction of sp³-hybridized carbons (Fsp3) is 0.355. The van der Waals surface area contributed by atoms with Crippen LogP contribution in [0.2, 0.25) is 0 Å². The molecule has 0 saturated carbocycles. The average molecular weight is 504 g/mol. The Kier molecular flexibility index (Phi) is 7.38. The van der Waals surface area contributed by atoms with E-state index in [1.807, 2.05) is 37.3 Å². The van der Waals surface area contributed by atoms with Crippen molar-refractivity contribution in [3.05, 3.63) is 83.4 Å². The van der Waals surface area contributed by atoms with Gasteiger partial charge in [-0.25, -0.2) is 4.39 Å². The molecule has 0 bridgehead atoms. The molecule has 194 valence electrons. The SMILES string of the molecule is CC[C@@H]1CCN([C@@H](CF)COc2ccc(C3Oc4ccc(O)cc4C(C)=C3c3cccc(O)c3)cc2)C1. The monoisotopic (exact) mass is 503 g/mol. The number of alkyl halides is 1. The molecule has 2 aliphatic heterocycles. The highest BCUT2D eigenvalue weighted by molar-refractivity contribution is 5.95. The maximum absolute atomic E-state index is 13.8. The predicted octanol–water partition coefficient (Wildman–Crippen LogP) is 6.61.